The molecule has 0 amide bonds. The van der Waals surface area contributed by atoms with Gasteiger partial charge in [0.1, 0.15) is 7.14 Å². The van der Waals surface area contributed by atoms with Crippen LogP contribution in [0.4, 0.5) is 0 Å². The first-order valence-electron chi connectivity index (χ1n) is 14.2. The predicted octanol–water partition coefficient (Wildman–Crippen LogP) is 10.5. The van der Waals surface area contributed by atoms with E-state index in [-0.39, 0.29) is 0 Å². The summed E-state index contributed by atoms with van der Waals surface area (Å²) in [7, 11) is -2.37. The first-order chi connectivity index (χ1) is 20.3. The molecular weight excluding hydrogens is 529 g/mol. The van der Waals surface area contributed by atoms with Crippen molar-refractivity contribution in [2.45, 2.75) is 6.92 Å². The zero-order valence-electron chi connectivity index (χ0n) is 24.3. The lowest BCUT2D eigenvalue weighted by atomic mass is 10.0. The Bertz CT molecular complexity index is 2040. The number of hydrogen-bond acceptors (Lipinski definition) is 1. The lowest BCUT2D eigenvalue weighted by Crippen LogP contribution is -2.02. The highest BCUT2D eigenvalue weighted by Gasteiger charge is 2.16. The van der Waals surface area contributed by atoms with Crippen LogP contribution in [0.5, 0.6) is 0 Å². The van der Waals surface area contributed by atoms with Gasteiger partial charge in [0, 0.05) is 21.8 Å². The molecule has 0 radical (unpaired) electrons. The number of allylic oxidation sites excluding steroid dienone is 5. The van der Waals surface area contributed by atoms with Gasteiger partial charge >= 0.3 is 0 Å². The van der Waals surface area contributed by atoms with Crippen LogP contribution in [-0.2, 0) is 4.57 Å². The molecule has 0 unspecified atom stereocenters. The fourth-order valence-electron chi connectivity index (χ4n) is 5.51. The number of aromatic nitrogens is 1. The highest BCUT2D eigenvalue weighted by molar-refractivity contribution is 7.70. The molecule has 3 heteroatoms. The van der Waals surface area contributed by atoms with Crippen molar-refractivity contribution >= 4 is 39.8 Å². The number of nitrogens with zero attached hydrogens (tertiary/aromatic N) is 1. The number of rotatable bonds is 7. The maximum atomic E-state index is 12.8. The van der Waals surface area contributed by atoms with E-state index in [2.05, 4.69) is 108 Å². The van der Waals surface area contributed by atoms with Crippen LogP contribution in [0, 0.1) is 0 Å². The fourth-order valence-corrected chi connectivity index (χ4v) is 6.41. The van der Waals surface area contributed by atoms with E-state index in [1.165, 1.54) is 21.9 Å². The molecule has 6 aromatic rings. The van der Waals surface area contributed by atoms with Crippen molar-refractivity contribution in [1.82, 2.24) is 4.57 Å². The minimum atomic E-state index is -2.37. The summed E-state index contributed by atoms with van der Waals surface area (Å²) in [5.74, 6) is 0. The lowest BCUT2D eigenvalue weighted by molar-refractivity contribution is 0.588. The first kappa shape index (κ1) is 27.5. The van der Waals surface area contributed by atoms with Crippen molar-refractivity contribution in [3.05, 3.63) is 152 Å². The molecule has 0 aliphatic carbocycles. The highest BCUT2D eigenvalue weighted by Crippen LogP contribution is 2.39. The van der Waals surface area contributed by atoms with E-state index in [9.17, 15) is 4.57 Å². The van der Waals surface area contributed by atoms with Crippen LogP contribution < -0.4 is 5.30 Å². The van der Waals surface area contributed by atoms with E-state index >= 15 is 0 Å². The van der Waals surface area contributed by atoms with Crippen molar-refractivity contribution < 1.29 is 4.57 Å². The third-order valence-electron chi connectivity index (χ3n) is 7.77. The molecule has 5 aromatic carbocycles. The standard InChI is InChI=1S/C39H34NOP/c1-5-6-8-12-28(2)31-19-23-38-36(26-31)37-27-33(32-15-11-16-35(25-32)42(3,4)41)20-24-39(37)40(38)34-21-17-30(18-22-34)29-13-9-7-10-14-29/h5-27H,2H2,1,3-4H3/b6-5-,12-8-. The van der Waals surface area contributed by atoms with Crippen LogP contribution in [0.25, 0.3) is 55.3 Å². The summed E-state index contributed by atoms with van der Waals surface area (Å²) in [6.07, 6.45) is 8.10. The van der Waals surface area contributed by atoms with Gasteiger partial charge < -0.3 is 9.13 Å². The molecule has 206 valence electrons. The molecule has 0 spiro atoms. The Kier molecular flexibility index (Phi) is 7.42. The maximum absolute atomic E-state index is 12.8. The van der Waals surface area contributed by atoms with Gasteiger partial charge in [-0.15, -0.1) is 0 Å². The van der Waals surface area contributed by atoms with Gasteiger partial charge in [-0.3, -0.25) is 0 Å². The number of fused-ring (bicyclic) bond motifs is 3. The van der Waals surface area contributed by atoms with Gasteiger partial charge in [0.05, 0.1) is 11.0 Å². The Hall–Kier alpha value is -4.65. The SMILES string of the molecule is C=C(/C=C\C=C/C)c1ccc2c(c1)c1cc(-c3cccc(P(C)(C)=O)c3)ccc1n2-c1ccc(-c2ccccc2)cc1. The summed E-state index contributed by atoms with van der Waals surface area (Å²) >= 11 is 0. The molecule has 6 rings (SSSR count). The van der Waals surface area contributed by atoms with Gasteiger partial charge in [-0.05, 0) is 96.1 Å². The van der Waals surface area contributed by atoms with E-state index in [4.69, 9.17) is 0 Å². The monoisotopic (exact) mass is 563 g/mol. The van der Waals surface area contributed by atoms with Crippen LogP contribution >= 0.6 is 7.14 Å². The topological polar surface area (TPSA) is 22.0 Å². The van der Waals surface area contributed by atoms with Crippen molar-refractivity contribution in [1.29, 1.82) is 0 Å². The Morgan fingerprint density at radius 3 is 2.00 bits per heavy atom. The Labute approximate surface area is 248 Å². The van der Waals surface area contributed by atoms with E-state index in [0.717, 1.165) is 44.3 Å². The molecule has 0 aliphatic heterocycles. The van der Waals surface area contributed by atoms with Crippen LogP contribution in [0.3, 0.4) is 0 Å². The summed E-state index contributed by atoms with van der Waals surface area (Å²) in [6.45, 7) is 9.99. The average Bonchev–Trinajstić information content (AvgIpc) is 3.34. The van der Waals surface area contributed by atoms with Gasteiger partial charge in [0.15, 0.2) is 0 Å². The second-order valence-corrected chi connectivity index (χ2v) is 14.2. The van der Waals surface area contributed by atoms with Crippen molar-refractivity contribution in [2.75, 3.05) is 13.3 Å². The fraction of sp³-hybridized carbons (Fsp3) is 0.0769. The molecule has 0 saturated carbocycles. The summed E-state index contributed by atoms with van der Waals surface area (Å²) in [5, 5.41) is 3.24. The molecule has 0 fully saturated rings. The van der Waals surface area contributed by atoms with E-state index in [1.54, 1.807) is 0 Å². The quantitative estimate of drug-likeness (QED) is 0.140. The molecule has 1 heterocycles. The summed E-state index contributed by atoms with van der Waals surface area (Å²) in [5.41, 5.74) is 10.0. The maximum Gasteiger partial charge on any atom is 0.109 e. The van der Waals surface area contributed by atoms with Crippen LogP contribution in [0.2, 0.25) is 0 Å². The molecular formula is C39H34NOP. The first-order valence-corrected chi connectivity index (χ1v) is 16.8. The van der Waals surface area contributed by atoms with Gasteiger partial charge in [0.2, 0.25) is 0 Å². The summed E-state index contributed by atoms with van der Waals surface area (Å²) in [6, 6.07) is 40.7. The molecule has 42 heavy (non-hydrogen) atoms. The van der Waals surface area contributed by atoms with Crippen LogP contribution in [-0.4, -0.2) is 17.9 Å². The minimum Gasteiger partial charge on any atom is -0.319 e. The van der Waals surface area contributed by atoms with Crippen molar-refractivity contribution in [3.63, 3.8) is 0 Å². The highest BCUT2D eigenvalue weighted by atomic mass is 31.2. The molecule has 0 saturated heterocycles. The zero-order chi connectivity index (χ0) is 29.3. The number of benzene rings is 5. The van der Waals surface area contributed by atoms with Gasteiger partial charge in [-0.25, -0.2) is 0 Å². The molecule has 0 bridgehead atoms. The summed E-state index contributed by atoms with van der Waals surface area (Å²) < 4.78 is 15.2. The molecule has 1 aromatic heterocycles. The second kappa shape index (κ2) is 11.3. The molecule has 0 aliphatic rings. The van der Waals surface area contributed by atoms with Gasteiger partial charge in [-0.2, -0.15) is 0 Å². The molecule has 0 atom stereocenters. The smallest absolute Gasteiger partial charge is 0.109 e. The van der Waals surface area contributed by atoms with Gasteiger partial charge in [0.25, 0.3) is 0 Å². The van der Waals surface area contributed by atoms with E-state index in [1.807, 2.05) is 62.8 Å². The molecule has 2 nitrogen and oxygen atoms in total. The third-order valence-corrected chi connectivity index (χ3v) is 9.29. The normalized spacial score (nSPS) is 12.2. The summed E-state index contributed by atoms with van der Waals surface area (Å²) in [4.78, 5) is 0. The van der Waals surface area contributed by atoms with Crippen LogP contribution in [0.15, 0.2) is 146 Å². The Morgan fingerprint density at radius 2 is 1.29 bits per heavy atom. The number of hydrogen-bond donors (Lipinski definition) is 0. The van der Waals surface area contributed by atoms with Crippen molar-refractivity contribution in [2.24, 2.45) is 0 Å². The van der Waals surface area contributed by atoms with Crippen molar-refractivity contribution in [3.8, 4) is 27.9 Å². The largest absolute Gasteiger partial charge is 0.319 e. The second-order valence-electron chi connectivity index (χ2n) is 11.0. The third kappa shape index (κ3) is 5.34. The average molecular weight is 564 g/mol. The lowest BCUT2D eigenvalue weighted by Gasteiger charge is -2.11. The van der Waals surface area contributed by atoms with E-state index in [0.29, 0.717) is 0 Å². The zero-order valence-corrected chi connectivity index (χ0v) is 25.2. The molecule has 0 N–H and O–H groups in total. The minimum absolute atomic E-state index is 0.896. The Morgan fingerprint density at radius 1 is 0.667 bits per heavy atom. The van der Waals surface area contributed by atoms with Gasteiger partial charge in [-0.1, -0.05) is 104 Å². The predicted molar refractivity (Wildman–Crippen MR) is 184 cm³/mol. The van der Waals surface area contributed by atoms with Crippen LogP contribution in [0.1, 0.15) is 12.5 Å². The van der Waals surface area contributed by atoms with E-state index < -0.39 is 7.14 Å². The Balaban J connectivity index is 1.54.